The molecule has 0 spiro atoms. The Morgan fingerprint density at radius 1 is 1.32 bits per heavy atom. The molecule has 1 saturated carbocycles. The van der Waals surface area contributed by atoms with E-state index in [0.717, 1.165) is 7.11 Å². The Balaban J connectivity index is 2.11. The van der Waals surface area contributed by atoms with Crippen LogP contribution < -0.4 is 0 Å². The molecule has 4 rings (SSSR count). The third-order valence-electron chi connectivity index (χ3n) is 5.26. The normalized spacial score (nSPS) is 26.5. The minimum absolute atomic E-state index is 0.142. The van der Waals surface area contributed by atoms with E-state index in [1.165, 1.54) is 17.0 Å². The van der Waals surface area contributed by atoms with Crippen molar-refractivity contribution in [1.82, 2.24) is 4.90 Å². The van der Waals surface area contributed by atoms with Gasteiger partial charge >= 0.3 is 12.1 Å². The molecular formula is C20H23BrFNO5. The number of methoxy groups -OCH3 is 1. The molecule has 2 heterocycles. The van der Waals surface area contributed by atoms with E-state index < -0.39 is 34.8 Å². The molecule has 1 amide bonds. The Bertz CT molecular complexity index is 830. The van der Waals surface area contributed by atoms with Crippen LogP contribution in [0.2, 0.25) is 0 Å². The number of hydrogen-bond acceptors (Lipinski definition) is 5. The maximum atomic E-state index is 14.7. The van der Waals surface area contributed by atoms with Crippen molar-refractivity contribution in [2.45, 2.75) is 57.2 Å². The monoisotopic (exact) mass is 455 g/mol. The molecule has 1 aromatic rings. The summed E-state index contributed by atoms with van der Waals surface area (Å²) in [5.74, 6) is -2.23. The van der Waals surface area contributed by atoms with Gasteiger partial charge in [-0.1, -0.05) is 12.1 Å². The summed E-state index contributed by atoms with van der Waals surface area (Å²) < 4.78 is 25.3. The van der Waals surface area contributed by atoms with Crippen LogP contribution in [0.3, 0.4) is 0 Å². The summed E-state index contributed by atoms with van der Waals surface area (Å²) in [4.78, 5) is 40.4. The number of benzene rings is 1. The molecule has 2 saturated heterocycles. The van der Waals surface area contributed by atoms with Gasteiger partial charge in [-0.05, 0) is 61.2 Å². The zero-order chi connectivity index (χ0) is 20.9. The highest BCUT2D eigenvalue weighted by molar-refractivity contribution is 9.10. The van der Waals surface area contributed by atoms with Crippen LogP contribution in [0.5, 0.6) is 0 Å². The summed E-state index contributed by atoms with van der Waals surface area (Å²) in [7, 11) is 1.15. The highest BCUT2D eigenvalue weighted by atomic mass is 79.9. The van der Waals surface area contributed by atoms with E-state index in [-0.39, 0.29) is 28.4 Å². The van der Waals surface area contributed by atoms with Gasteiger partial charge in [0.25, 0.3) is 0 Å². The van der Waals surface area contributed by atoms with Crippen LogP contribution in [-0.4, -0.2) is 47.0 Å². The van der Waals surface area contributed by atoms with Crippen LogP contribution >= 0.6 is 15.9 Å². The van der Waals surface area contributed by atoms with Gasteiger partial charge in [-0.15, -0.1) is 0 Å². The molecule has 1 atom stereocenters. The van der Waals surface area contributed by atoms with E-state index in [4.69, 9.17) is 9.47 Å². The van der Waals surface area contributed by atoms with Gasteiger partial charge in [0, 0.05) is 18.4 Å². The first-order valence-electron chi connectivity index (χ1n) is 9.09. The van der Waals surface area contributed by atoms with E-state index in [9.17, 15) is 18.8 Å². The Kier molecular flexibility index (Phi) is 5.29. The molecule has 0 N–H and O–H groups in total. The predicted molar refractivity (Wildman–Crippen MR) is 102 cm³/mol. The molecule has 1 aliphatic carbocycles. The van der Waals surface area contributed by atoms with Gasteiger partial charge in [0.1, 0.15) is 11.4 Å². The third-order valence-corrected chi connectivity index (χ3v) is 5.87. The van der Waals surface area contributed by atoms with E-state index >= 15 is 0 Å². The average molecular weight is 456 g/mol. The van der Waals surface area contributed by atoms with Gasteiger partial charge in [-0.2, -0.15) is 0 Å². The SMILES string of the molecule is COC(=O)C1(Cc2cccc(Br)c2F)C(=O)C2CC(C2)N1C(=O)OC(C)(C)C. The van der Waals surface area contributed by atoms with Crippen LogP contribution in [0, 0.1) is 11.7 Å². The van der Waals surface area contributed by atoms with E-state index in [2.05, 4.69) is 15.9 Å². The fourth-order valence-corrected chi connectivity index (χ4v) is 4.38. The fraction of sp³-hybridized carbons (Fsp3) is 0.550. The molecule has 152 valence electrons. The lowest BCUT2D eigenvalue weighted by molar-refractivity contribution is -0.177. The summed E-state index contributed by atoms with van der Waals surface area (Å²) in [5, 5.41) is 0. The predicted octanol–water partition coefficient (Wildman–Crippen LogP) is 3.64. The van der Waals surface area contributed by atoms with Gasteiger partial charge in [-0.3, -0.25) is 9.69 Å². The number of esters is 1. The van der Waals surface area contributed by atoms with Crippen molar-refractivity contribution in [1.29, 1.82) is 0 Å². The lowest BCUT2D eigenvalue weighted by Crippen LogP contribution is -2.76. The molecule has 0 aromatic heterocycles. The van der Waals surface area contributed by atoms with Crippen molar-refractivity contribution < 1.29 is 28.2 Å². The quantitative estimate of drug-likeness (QED) is 0.513. The van der Waals surface area contributed by atoms with Crippen LogP contribution in [0.1, 0.15) is 39.2 Å². The van der Waals surface area contributed by atoms with Crippen molar-refractivity contribution >= 4 is 33.8 Å². The van der Waals surface area contributed by atoms with Gasteiger partial charge in [0.15, 0.2) is 5.78 Å². The van der Waals surface area contributed by atoms with E-state index in [1.54, 1.807) is 26.8 Å². The van der Waals surface area contributed by atoms with Gasteiger partial charge < -0.3 is 9.47 Å². The first kappa shape index (κ1) is 20.8. The first-order chi connectivity index (χ1) is 13.0. The third kappa shape index (κ3) is 3.32. The van der Waals surface area contributed by atoms with E-state index in [1.807, 2.05) is 0 Å². The minimum Gasteiger partial charge on any atom is -0.467 e. The molecule has 3 aliphatic rings. The van der Waals surface area contributed by atoms with Crippen LogP contribution in [0.25, 0.3) is 0 Å². The van der Waals surface area contributed by atoms with Crippen molar-refractivity contribution in [3.63, 3.8) is 0 Å². The molecule has 2 bridgehead atoms. The molecule has 3 fully saturated rings. The van der Waals surface area contributed by atoms with Crippen molar-refractivity contribution in [3.8, 4) is 0 Å². The number of halogens is 2. The number of nitrogens with zero attached hydrogens (tertiary/aromatic N) is 1. The lowest BCUT2D eigenvalue weighted by atomic mass is 9.63. The Labute approximate surface area is 171 Å². The Hall–Kier alpha value is -1.96. The molecule has 1 aromatic carbocycles. The number of hydrogen-bond donors (Lipinski definition) is 0. The number of Topliss-reactive ketones (excluding diaryl/α,β-unsaturated/α-hetero) is 1. The molecule has 1 unspecified atom stereocenters. The second-order valence-electron chi connectivity index (χ2n) is 8.28. The second-order valence-corrected chi connectivity index (χ2v) is 9.13. The number of carbonyl (C=O) groups is 3. The first-order valence-corrected chi connectivity index (χ1v) is 9.88. The summed E-state index contributed by atoms with van der Waals surface area (Å²) in [6, 6.07) is 4.30. The number of amides is 1. The minimum atomic E-state index is -1.94. The number of fused-ring (bicyclic) bond motifs is 2. The maximum absolute atomic E-state index is 14.7. The summed E-state index contributed by atoms with van der Waals surface area (Å²) >= 11 is 3.12. The number of ketones is 1. The van der Waals surface area contributed by atoms with Crippen molar-refractivity contribution in [2.24, 2.45) is 5.92 Å². The van der Waals surface area contributed by atoms with Crippen molar-refractivity contribution in [3.05, 3.63) is 34.1 Å². The summed E-state index contributed by atoms with van der Waals surface area (Å²) in [5.41, 5.74) is -2.61. The molecule has 2 aliphatic heterocycles. The van der Waals surface area contributed by atoms with Crippen LogP contribution in [0.15, 0.2) is 22.7 Å². The zero-order valence-electron chi connectivity index (χ0n) is 16.3. The zero-order valence-corrected chi connectivity index (χ0v) is 17.8. The summed E-state index contributed by atoms with van der Waals surface area (Å²) in [6.07, 6.45) is -0.143. The van der Waals surface area contributed by atoms with Gasteiger partial charge in [0.05, 0.1) is 11.6 Å². The van der Waals surface area contributed by atoms with Crippen LogP contribution in [0.4, 0.5) is 9.18 Å². The number of piperidine rings is 2. The molecular weight excluding hydrogens is 433 g/mol. The number of carbonyl (C=O) groups excluding carboxylic acids is 3. The highest BCUT2D eigenvalue weighted by Gasteiger charge is 2.66. The molecule has 6 nitrogen and oxygen atoms in total. The van der Waals surface area contributed by atoms with Gasteiger partial charge in [-0.25, -0.2) is 14.0 Å². The topological polar surface area (TPSA) is 72.9 Å². The molecule has 0 radical (unpaired) electrons. The highest BCUT2D eigenvalue weighted by Crippen LogP contribution is 2.48. The van der Waals surface area contributed by atoms with Crippen LogP contribution in [-0.2, 0) is 25.5 Å². The Morgan fingerprint density at radius 3 is 2.54 bits per heavy atom. The van der Waals surface area contributed by atoms with Gasteiger partial charge in [0.2, 0.25) is 5.54 Å². The maximum Gasteiger partial charge on any atom is 0.411 e. The number of ether oxygens (including phenoxy) is 2. The summed E-state index contributed by atoms with van der Waals surface area (Å²) in [6.45, 7) is 5.11. The largest absolute Gasteiger partial charge is 0.467 e. The number of rotatable bonds is 3. The van der Waals surface area contributed by atoms with Crippen molar-refractivity contribution in [2.75, 3.05) is 7.11 Å². The lowest BCUT2D eigenvalue weighted by Gasteiger charge is -2.56. The fourth-order valence-electron chi connectivity index (χ4n) is 3.97. The average Bonchev–Trinajstić information content (AvgIpc) is 2.56. The smallest absolute Gasteiger partial charge is 0.411 e. The standard InChI is InChI=1S/C20H23BrFNO5/c1-19(2,3)28-18(26)23-13-8-12(9-13)16(24)20(23,17(25)27-4)10-11-6-5-7-14(21)15(11)22/h5-7,12-13H,8-10H2,1-4H3. The van der Waals surface area contributed by atoms with E-state index in [0.29, 0.717) is 12.8 Å². The molecule has 28 heavy (non-hydrogen) atoms. The second kappa shape index (κ2) is 7.13. The Morgan fingerprint density at radius 2 is 1.96 bits per heavy atom. The molecule has 8 heteroatoms.